The van der Waals surface area contributed by atoms with Crippen molar-refractivity contribution >= 4 is 17.3 Å². The van der Waals surface area contributed by atoms with Crippen LogP contribution in [0.3, 0.4) is 0 Å². The maximum Gasteiger partial charge on any atom is 0.221 e. The summed E-state index contributed by atoms with van der Waals surface area (Å²) < 4.78 is 0. The molecule has 4 nitrogen and oxygen atoms in total. The molecule has 1 aromatic rings. The largest absolute Gasteiger partial charge is 0.373 e. The third-order valence-corrected chi connectivity index (χ3v) is 2.16. The minimum Gasteiger partial charge on any atom is -0.373 e. The predicted octanol–water partition coefficient (Wildman–Crippen LogP) is 0.931. The van der Waals surface area contributed by atoms with Crippen molar-refractivity contribution in [1.29, 1.82) is 0 Å². The van der Waals surface area contributed by atoms with Crippen molar-refractivity contribution in [2.45, 2.75) is 19.6 Å². The Morgan fingerprint density at radius 3 is 3.14 bits per heavy atom. The molecular weight excluding hydrogens is 180 g/mol. The summed E-state index contributed by atoms with van der Waals surface area (Å²) >= 11 is 0. The van der Waals surface area contributed by atoms with Gasteiger partial charge in [-0.1, -0.05) is 0 Å². The Labute approximate surface area is 81.9 Å². The van der Waals surface area contributed by atoms with Gasteiger partial charge in [0.25, 0.3) is 0 Å². The molecule has 1 aromatic carbocycles. The maximum atomic E-state index is 10.8. The van der Waals surface area contributed by atoms with Gasteiger partial charge in [-0.2, -0.15) is 0 Å². The molecule has 1 amide bonds. The second-order valence-corrected chi connectivity index (χ2v) is 3.42. The topological polar surface area (TPSA) is 61.4 Å². The average Bonchev–Trinajstić information content (AvgIpc) is 2.42. The van der Waals surface area contributed by atoms with E-state index in [1.165, 1.54) is 6.92 Å². The lowest BCUT2D eigenvalue weighted by molar-refractivity contribution is -0.114. The molecular formula is C10H12N2O2. The molecule has 1 heterocycles. The first-order chi connectivity index (χ1) is 6.65. The fourth-order valence-corrected chi connectivity index (χ4v) is 1.62. The Kier molecular flexibility index (Phi) is 2.13. The van der Waals surface area contributed by atoms with E-state index in [1.807, 2.05) is 18.2 Å². The normalized spacial score (nSPS) is 18.6. The molecule has 1 aliphatic rings. The molecule has 0 saturated heterocycles. The maximum absolute atomic E-state index is 10.8. The molecule has 0 bridgehead atoms. The van der Waals surface area contributed by atoms with Gasteiger partial charge in [-0.25, -0.2) is 0 Å². The molecule has 74 valence electrons. The van der Waals surface area contributed by atoms with Gasteiger partial charge < -0.3 is 15.7 Å². The van der Waals surface area contributed by atoms with Crippen LogP contribution in [0.5, 0.6) is 0 Å². The number of anilines is 2. The zero-order valence-corrected chi connectivity index (χ0v) is 7.87. The van der Waals surface area contributed by atoms with Crippen LogP contribution in [-0.4, -0.2) is 17.2 Å². The lowest BCUT2D eigenvalue weighted by Crippen LogP contribution is -2.12. The second kappa shape index (κ2) is 3.31. The van der Waals surface area contributed by atoms with E-state index in [9.17, 15) is 9.90 Å². The van der Waals surface area contributed by atoms with Crippen LogP contribution in [0.1, 0.15) is 12.5 Å². The van der Waals surface area contributed by atoms with Crippen LogP contribution in [0.25, 0.3) is 0 Å². The van der Waals surface area contributed by atoms with Crippen LogP contribution in [0.4, 0.5) is 11.4 Å². The summed E-state index contributed by atoms with van der Waals surface area (Å²) in [6.07, 6.45) is 0.0838. The number of fused-ring (bicyclic) bond motifs is 1. The molecule has 0 radical (unpaired) electrons. The van der Waals surface area contributed by atoms with Crippen LogP contribution in [0, 0.1) is 0 Å². The molecule has 1 aliphatic heterocycles. The zero-order valence-electron chi connectivity index (χ0n) is 7.87. The third-order valence-electron chi connectivity index (χ3n) is 2.16. The SMILES string of the molecule is CC(=O)Nc1ccc2c(c1)CC(O)N2. The smallest absolute Gasteiger partial charge is 0.221 e. The lowest BCUT2D eigenvalue weighted by Gasteiger charge is -2.04. The number of carbonyl (C=O) groups excluding carboxylic acids is 1. The highest BCUT2D eigenvalue weighted by atomic mass is 16.3. The van der Waals surface area contributed by atoms with E-state index in [0.717, 1.165) is 16.9 Å². The van der Waals surface area contributed by atoms with Crippen molar-refractivity contribution < 1.29 is 9.90 Å². The molecule has 14 heavy (non-hydrogen) atoms. The van der Waals surface area contributed by atoms with E-state index in [0.29, 0.717) is 6.42 Å². The molecule has 0 spiro atoms. The third kappa shape index (κ3) is 1.70. The summed E-state index contributed by atoms with van der Waals surface area (Å²) in [6, 6.07) is 5.54. The quantitative estimate of drug-likeness (QED) is 0.620. The predicted molar refractivity (Wildman–Crippen MR) is 54.1 cm³/mol. The number of nitrogens with one attached hydrogen (secondary N) is 2. The Hall–Kier alpha value is -1.55. The first-order valence-corrected chi connectivity index (χ1v) is 4.50. The highest BCUT2D eigenvalue weighted by Gasteiger charge is 2.17. The number of carbonyl (C=O) groups is 1. The van der Waals surface area contributed by atoms with Crippen LogP contribution in [-0.2, 0) is 11.2 Å². The molecule has 3 N–H and O–H groups in total. The number of hydrogen-bond donors (Lipinski definition) is 3. The number of aliphatic hydroxyl groups excluding tert-OH is 1. The minimum absolute atomic E-state index is 0.0866. The molecule has 1 unspecified atom stereocenters. The van der Waals surface area contributed by atoms with Crippen molar-refractivity contribution in [1.82, 2.24) is 0 Å². The van der Waals surface area contributed by atoms with Crippen molar-refractivity contribution in [3.63, 3.8) is 0 Å². The van der Waals surface area contributed by atoms with Gasteiger partial charge in [-0.05, 0) is 23.8 Å². The summed E-state index contributed by atoms with van der Waals surface area (Å²) in [5.41, 5.74) is 2.74. The van der Waals surface area contributed by atoms with Crippen LogP contribution >= 0.6 is 0 Å². The molecule has 0 saturated carbocycles. The van der Waals surface area contributed by atoms with Crippen LogP contribution < -0.4 is 10.6 Å². The lowest BCUT2D eigenvalue weighted by atomic mass is 10.1. The van der Waals surface area contributed by atoms with Crippen molar-refractivity contribution in [2.24, 2.45) is 0 Å². The van der Waals surface area contributed by atoms with E-state index in [4.69, 9.17) is 0 Å². The second-order valence-electron chi connectivity index (χ2n) is 3.42. The highest BCUT2D eigenvalue weighted by molar-refractivity contribution is 5.89. The summed E-state index contributed by atoms with van der Waals surface area (Å²) in [7, 11) is 0. The van der Waals surface area contributed by atoms with Crippen LogP contribution in [0.15, 0.2) is 18.2 Å². The van der Waals surface area contributed by atoms with E-state index >= 15 is 0 Å². The number of amides is 1. The molecule has 0 fully saturated rings. The van der Waals surface area contributed by atoms with Crippen molar-refractivity contribution in [2.75, 3.05) is 10.6 Å². The van der Waals surface area contributed by atoms with Gasteiger partial charge in [0.2, 0.25) is 5.91 Å². The summed E-state index contributed by atoms with van der Waals surface area (Å²) in [6.45, 7) is 1.47. The Morgan fingerprint density at radius 2 is 2.43 bits per heavy atom. The fraction of sp³-hybridized carbons (Fsp3) is 0.300. The van der Waals surface area contributed by atoms with Gasteiger partial charge in [0.1, 0.15) is 6.23 Å². The van der Waals surface area contributed by atoms with E-state index < -0.39 is 6.23 Å². The van der Waals surface area contributed by atoms with Crippen LogP contribution in [0.2, 0.25) is 0 Å². The van der Waals surface area contributed by atoms with Crippen molar-refractivity contribution in [3.8, 4) is 0 Å². The first kappa shape index (κ1) is 9.02. The summed E-state index contributed by atoms with van der Waals surface area (Å²) in [5.74, 6) is -0.0866. The van der Waals surface area contributed by atoms with Crippen molar-refractivity contribution in [3.05, 3.63) is 23.8 Å². The summed E-state index contributed by atoms with van der Waals surface area (Å²) in [4.78, 5) is 10.8. The Morgan fingerprint density at radius 1 is 1.64 bits per heavy atom. The Bertz CT molecular complexity index is 376. The number of aliphatic hydroxyl groups is 1. The van der Waals surface area contributed by atoms with Gasteiger partial charge >= 0.3 is 0 Å². The zero-order chi connectivity index (χ0) is 10.1. The van der Waals surface area contributed by atoms with E-state index in [-0.39, 0.29) is 5.91 Å². The molecule has 0 aromatic heterocycles. The summed E-state index contributed by atoms with van der Waals surface area (Å²) in [5, 5.41) is 14.9. The van der Waals surface area contributed by atoms with Gasteiger partial charge in [-0.3, -0.25) is 4.79 Å². The first-order valence-electron chi connectivity index (χ1n) is 4.50. The van der Waals surface area contributed by atoms with Gasteiger partial charge in [0.15, 0.2) is 0 Å². The van der Waals surface area contributed by atoms with Gasteiger partial charge in [0.05, 0.1) is 0 Å². The molecule has 2 rings (SSSR count). The van der Waals surface area contributed by atoms with Gasteiger partial charge in [0, 0.05) is 24.7 Å². The Balaban J connectivity index is 2.24. The number of benzene rings is 1. The number of rotatable bonds is 1. The van der Waals surface area contributed by atoms with Gasteiger partial charge in [-0.15, -0.1) is 0 Å². The standard InChI is InChI=1S/C10H12N2O2/c1-6(13)11-8-2-3-9-7(4-8)5-10(14)12-9/h2-4,10,12,14H,5H2,1H3,(H,11,13). The fourth-order valence-electron chi connectivity index (χ4n) is 1.62. The molecule has 1 atom stereocenters. The van der Waals surface area contributed by atoms with E-state index in [2.05, 4.69) is 10.6 Å². The minimum atomic E-state index is -0.502. The number of hydrogen-bond acceptors (Lipinski definition) is 3. The highest BCUT2D eigenvalue weighted by Crippen LogP contribution is 2.27. The average molecular weight is 192 g/mol. The monoisotopic (exact) mass is 192 g/mol. The molecule has 4 heteroatoms. The van der Waals surface area contributed by atoms with E-state index in [1.54, 1.807) is 0 Å². The molecule has 0 aliphatic carbocycles.